The van der Waals surface area contributed by atoms with E-state index in [1.165, 1.54) is 38.9 Å². The van der Waals surface area contributed by atoms with Crippen LogP contribution in [-0.2, 0) is 5.41 Å². The summed E-state index contributed by atoms with van der Waals surface area (Å²) in [6.45, 7) is 0. The molecule has 1 heteroatoms. The van der Waals surface area contributed by atoms with Crippen molar-refractivity contribution in [2.45, 2.75) is 23.4 Å². The first-order valence-corrected chi connectivity index (χ1v) is 12.5. The van der Waals surface area contributed by atoms with Gasteiger partial charge in [-0.25, -0.2) is 0 Å². The third-order valence-corrected chi connectivity index (χ3v) is 8.11. The predicted octanol–water partition coefficient (Wildman–Crippen LogP) is 7.82. The van der Waals surface area contributed by atoms with E-state index >= 15 is 0 Å². The van der Waals surface area contributed by atoms with Crippen molar-refractivity contribution < 1.29 is 0 Å². The van der Waals surface area contributed by atoms with E-state index in [1.807, 2.05) is 0 Å². The highest BCUT2D eigenvalue weighted by atomic mass is 15.1. The van der Waals surface area contributed by atoms with Gasteiger partial charge in [0.2, 0.25) is 0 Å². The second-order valence-electron chi connectivity index (χ2n) is 9.75. The molecule has 1 nitrogen and oxygen atoms in total. The summed E-state index contributed by atoms with van der Waals surface area (Å²) in [6.07, 6.45) is 0. The van der Waals surface area contributed by atoms with Gasteiger partial charge in [-0.1, -0.05) is 140 Å². The van der Waals surface area contributed by atoms with E-state index in [4.69, 9.17) is 0 Å². The Morgan fingerprint density at radius 3 is 1.40 bits per heavy atom. The lowest BCUT2D eigenvalue weighted by atomic mass is 9.61. The van der Waals surface area contributed by atoms with Gasteiger partial charge in [-0.2, -0.15) is 0 Å². The number of hydrogen-bond donors (Lipinski definition) is 1. The van der Waals surface area contributed by atoms with Gasteiger partial charge in [0.1, 0.15) is 0 Å². The number of benzene rings is 5. The van der Waals surface area contributed by atoms with Gasteiger partial charge in [-0.15, -0.1) is 0 Å². The number of rotatable bonds is 3. The molecule has 3 unspecified atom stereocenters. The van der Waals surface area contributed by atoms with Crippen LogP contribution in [0.15, 0.2) is 140 Å². The summed E-state index contributed by atoms with van der Waals surface area (Å²) in [5, 5.41) is 4.19. The maximum Gasteiger partial charge on any atom is 0.0496 e. The third-order valence-electron chi connectivity index (χ3n) is 8.11. The monoisotopic (exact) mass is 449 g/mol. The van der Waals surface area contributed by atoms with Crippen molar-refractivity contribution >= 4 is 0 Å². The minimum atomic E-state index is -0.240. The molecule has 1 spiro atoms. The van der Waals surface area contributed by atoms with Gasteiger partial charge in [0.15, 0.2) is 0 Å². The maximum absolute atomic E-state index is 4.19. The molecule has 2 aliphatic rings. The van der Waals surface area contributed by atoms with Crippen molar-refractivity contribution in [3.05, 3.63) is 167 Å². The molecule has 1 aliphatic heterocycles. The second kappa shape index (κ2) is 8.08. The average molecular weight is 450 g/mol. The van der Waals surface area contributed by atoms with E-state index < -0.39 is 0 Å². The van der Waals surface area contributed by atoms with Crippen molar-refractivity contribution in [3.63, 3.8) is 0 Å². The van der Waals surface area contributed by atoms with E-state index in [9.17, 15) is 0 Å². The predicted molar refractivity (Wildman–Crippen MR) is 143 cm³/mol. The number of nitrogens with one attached hydrogen (secondary N) is 1. The lowest BCUT2D eigenvalue weighted by molar-refractivity contribution is 0.420. The molecule has 1 N–H and O–H groups in total. The van der Waals surface area contributed by atoms with Gasteiger partial charge < -0.3 is 5.32 Å². The van der Waals surface area contributed by atoms with Crippen LogP contribution in [0.2, 0.25) is 0 Å². The zero-order chi connectivity index (χ0) is 23.2. The summed E-state index contributed by atoms with van der Waals surface area (Å²) in [6, 6.07) is 51.6. The van der Waals surface area contributed by atoms with E-state index in [0.29, 0.717) is 0 Å². The van der Waals surface area contributed by atoms with Gasteiger partial charge in [0.25, 0.3) is 0 Å². The zero-order valence-electron chi connectivity index (χ0n) is 19.5. The standard InChI is InChI=1S/C34H27N/c1-4-14-24(15-5-1)31-32(25-16-6-2-7-17-25)35-33(26-18-8-3-9-19-26)34(31)29-22-12-10-20-27(29)28-21-11-13-23-30(28)34/h1-23,31-33,35H. The van der Waals surface area contributed by atoms with Gasteiger partial charge in [-0.3, -0.25) is 0 Å². The fourth-order valence-electron chi connectivity index (χ4n) is 6.87. The highest BCUT2D eigenvalue weighted by Gasteiger charge is 2.61. The van der Waals surface area contributed by atoms with Crippen LogP contribution in [0.4, 0.5) is 0 Å². The molecule has 7 rings (SSSR count). The highest BCUT2D eigenvalue weighted by Crippen LogP contribution is 2.67. The molecule has 0 saturated carbocycles. The molecular weight excluding hydrogens is 422 g/mol. The molecule has 35 heavy (non-hydrogen) atoms. The third kappa shape index (κ3) is 2.92. The Labute approximate surface area is 207 Å². The molecule has 3 atom stereocenters. The molecule has 5 aromatic rings. The topological polar surface area (TPSA) is 12.0 Å². The van der Waals surface area contributed by atoms with Crippen molar-refractivity contribution in [2.24, 2.45) is 0 Å². The molecule has 1 fully saturated rings. The van der Waals surface area contributed by atoms with Crippen LogP contribution >= 0.6 is 0 Å². The second-order valence-corrected chi connectivity index (χ2v) is 9.75. The quantitative estimate of drug-likeness (QED) is 0.296. The lowest BCUT2D eigenvalue weighted by Gasteiger charge is -2.40. The lowest BCUT2D eigenvalue weighted by Crippen LogP contribution is -2.36. The maximum atomic E-state index is 4.19. The van der Waals surface area contributed by atoms with Crippen LogP contribution < -0.4 is 5.32 Å². The summed E-state index contributed by atoms with van der Waals surface area (Å²) >= 11 is 0. The van der Waals surface area contributed by atoms with Crippen molar-refractivity contribution in [1.29, 1.82) is 0 Å². The molecule has 168 valence electrons. The Bertz CT molecular complexity index is 1430. The molecule has 1 heterocycles. The summed E-state index contributed by atoms with van der Waals surface area (Å²) in [4.78, 5) is 0. The Kier molecular flexibility index (Phi) is 4.72. The molecule has 1 saturated heterocycles. The van der Waals surface area contributed by atoms with E-state index in [-0.39, 0.29) is 23.4 Å². The minimum absolute atomic E-state index is 0.129. The smallest absolute Gasteiger partial charge is 0.0496 e. The van der Waals surface area contributed by atoms with Crippen LogP contribution in [0.5, 0.6) is 0 Å². The molecule has 0 aromatic heterocycles. The first kappa shape index (κ1) is 20.4. The number of fused-ring (bicyclic) bond motifs is 5. The van der Waals surface area contributed by atoms with Crippen molar-refractivity contribution in [1.82, 2.24) is 5.32 Å². The summed E-state index contributed by atoms with van der Waals surface area (Å²) < 4.78 is 0. The van der Waals surface area contributed by atoms with Crippen LogP contribution in [-0.4, -0.2) is 0 Å². The van der Waals surface area contributed by atoms with E-state index in [0.717, 1.165) is 0 Å². The Morgan fingerprint density at radius 2 is 0.857 bits per heavy atom. The zero-order valence-corrected chi connectivity index (χ0v) is 19.5. The fourth-order valence-corrected chi connectivity index (χ4v) is 6.87. The molecule has 0 amide bonds. The average Bonchev–Trinajstić information content (AvgIpc) is 3.45. The Morgan fingerprint density at radius 1 is 0.429 bits per heavy atom. The van der Waals surface area contributed by atoms with Crippen LogP contribution in [0, 0.1) is 0 Å². The van der Waals surface area contributed by atoms with Gasteiger partial charge >= 0.3 is 0 Å². The molecule has 0 radical (unpaired) electrons. The first-order valence-electron chi connectivity index (χ1n) is 12.5. The molecule has 1 aliphatic carbocycles. The Balaban J connectivity index is 1.60. The number of hydrogen-bond acceptors (Lipinski definition) is 1. The van der Waals surface area contributed by atoms with Crippen LogP contribution in [0.25, 0.3) is 11.1 Å². The SMILES string of the molecule is c1ccc(C2NC(c3ccccc3)C3(c4ccccc4-c4ccccc43)C2c2ccccc2)cc1. The van der Waals surface area contributed by atoms with Gasteiger partial charge in [0.05, 0.1) is 0 Å². The first-order chi connectivity index (χ1) is 17.4. The van der Waals surface area contributed by atoms with Gasteiger partial charge in [0, 0.05) is 23.4 Å². The summed E-state index contributed by atoms with van der Waals surface area (Å²) in [5.74, 6) is 0.223. The van der Waals surface area contributed by atoms with Crippen molar-refractivity contribution in [3.8, 4) is 11.1 Å². The minimum Gasteiger partial charge on any atom is -0.301 e. The van der Waals surface area contributed by atoms with Gasteiger partial charge in [-0.05, 0) is 38.9 Å². The van der Waals surface area contributed by atoms with Crippen molar-refractivity contribution in [2.75, 3.05) is 0 Å². The normalized spacial score (nSPS) is 21.5. The summed E-state index contributed by atoms with van der Waals surface area (Å²) in [7, 11) is 0. The highest BCUT2D eigenvalue weighted by molar-refractivity contribution is 5.83. The molecular formula is C34H27N. The van der Waals surface area contributed by atoms with Crippen LogP contribution in [0.3, 0.4) is 0 Å². The van der Waals surface area contributed by atoms with E-state index in [2.05, 4.69) is 145 Å². The summed E-state index contributed by atoms with van der Waals surface area (Å²) in [5.41, 5.74) is 9.37. The largest absolute Gasteiger partial charge is 0.301 e. The molecule has 5 aromatic carbocycles. The van der Waals surface area contributed by atoms with Crippen LogP contribution in [0.1, 0.15) is 45.8 Å². The van der Waals surface area contributed by atoms with E-state index in [1.54, 1.807) is 0 Å². The Hall–Kier alpha value is -3.94. The molecule has 0 bridgehead atoms. The fraction of sp³-hybridized carbons (Fsp3) is 0.118.